The Hall–Kier alpha value is -2.10. The van der Waals surface area contributed by atoms with Crippen LogP contribution in [0.2, 0.25) is 0 Å². The van der Waals surface area contributed by atoms with E-state index < -0.39 is 0 Å². The molecule has 2 aromatic rings. The summed E-state index contributed by atoms with van der Waals surface area (Å²) in [6, 6.07) is 13.0. The molecule has 2 aliphatic rings. The van der Waals surface area contributed by atoms with Crippen LogP contribution in [0.15, 0.2) is 36.4 Å². The van der Waals surface area contributed by atoms with Crippen LogP contribution in [0, 0.1) is 25.7 Å². The molecular formula is C21H27N3O. The predicted molar refractivity (Wildman–Crippen MR) is 98.3 cm³/mol. The number of carbonyl (C=O) groups is 1. The molecule has 4 atom stereocenters. The number of hydrogen-bond donors (Lipinski definition) is 1. The zero-order valence-corrected chi connectivity index (χ0v) is 15.1. The third-order valence-corrected chi connectivity index (χ3v) is 6.09. The summed E-state index contributed by atoms with van der Waals surface area (Å²) in [4.78, 5) is 12.7. The first-order valence-electron chi connectivity index (χ1n) is 9.49. The van der Waals surface area contributed by atoms with Gasteiger partial charge < -0.3 is 5.32 Å². The third kappa shape index (κ3) is 3.10. The lowest BCUT2D eigenvalue weighted by atomic mass is 9.53. The van der Waals surface area contributed by atoms with Crippen molar-refractivity contribution >= 4 is 5.91 Å². The monoisotopic (exact) mass is 337 g/mol. The van der Waals surface area contributed by atoms with E-state index >= 15 is 0 Å². The first-order valence-corrected chi connectivity index (χ1v) is 9.49. The Bertz CT molecular complexity index is 752. The number of rotatable bonds is 4. The van der Waals surface area contributed by atoms with E-state index in [1.165, 1.54) is 31.2 Å². The van der Waals surface area contributed by atoms with Gasteiger partial charge in [-0.2, -0.15) is 5.10 Å². The Morgan fingerprint density at radius 3 is 2.56 bits per heavy atom. The summed E-state index contributed by atoms with van der Waals surface area (Å²) >= 11 is 0. The molecule has 1 aromatic carbocycles. The number of benzene rings is 1. The summed E-state index contributed by atoms with van der Waals surface area (Å²) in [5, 5.41) is 7.77. The molecule has 1 aromatic heterocycles. The molecule has 0 unspecified atom stereocenters. The second kappa shape index (κ2) is 6.66. The van der Waals surface area contributed by atoms with E-state index in [2.05, 4.69) is 40.7 Å². The predicted octanol–water partition coefficient (Wildman–Crippen LogP) is 3.59. The van der Waals surface area contributed by atoms with Crippen molar-refractivity contribution in [2.24, 2.45) is 11.8 Å². The Labute approximate surface area is 149 Å². The Morgan fingerprint density at radius 1 is 1.16 bits per heavy atom. The number of fused-ring (bicyclic) bond motifs is 1. The van der Waals surface area contributed by atoms with Crippen LogP contribution in [0.5, 0.6) is 0 Å². The maximum Gasteiger partial charge on any atom is 0.241 e. The van der Waals surface area contributed by atoms with Crippen LogP contribution in [0.25, 0.3) is 0 Å². The van der Waals surface area contributed by atoms with E-state index in [1.807, 2.05) is 19.9 Å². The highest BCUT2D eigenvalue weighted by Gasteiger charge is 2.51. The Balaban J connectivity index is 1.49. The van der Waals surface area contributed by atoms with Gasteiger partial charge >= 0.3 is 0 Å². The summed E-state index contributed by atoms with van der Waals surface area (Å²) < 4.78 is 1.80. The molecule has 2 saturated carbocycles. The van der Waals surface area contributed by atoms with E-state index in [-0.39, 0.29) is 11.9 Å². The molecule has 0 spiro atoms. The number of carbonyl (C=O) groups excluding carboxylic acids is 1. The van der Waals surface area contributed by atoms with Crippen LogP contribution in [-0.4, -0.2) is 21.7 Å². The number of aromatic nitrogens is 2. The van der Waals surface area contributed by atoms with Gasteiger partial charge in [0.15, 0.2) is 0 Å². The van der Waals surface area contributed by atoms with Crippen molar-refractivity contribution in [3.05, 3.63) is 53.3 Å². The maximum absolute atomic E-state index is 12.7. The largest absolute Gasteiger partial charge is 0.351 e. The minimum atomic E-state index is 0.0844. The lowest BCUT2D eigenvalue weighted by Gasteiger charge is -2.55. The second-order valence-electron chi connectivity index (χ2n) is 7.73. The quantitative estimate of drug-likeness (QED) is 0.927. The highest BCUT2D eigenvalue weighted by Crippen LogP contribution is 2.54. The summed E-state index contributed by atoms with van der Waals surface area (Å²) in [7, 11) is 0. The average Bonchev–Trinajstić information content (AvgIpc) is 2.91. The first kappa shape index (κ1) is 16.4. The summed E-state index contributed by atoms with van der Waals surface area (Å²) in [6.07, 6.45) is 5.18. The second-order valence-corrected chi connectivity index (χ2v) is 7.73. The molecule has 4 nitrogen and oxygen atoms in total. The van der Waals surface area contributed by atoms with Gasteiger partial charge in [0.25, 0.3) is 0 Å². The van der Waals surface area contributed by atoms with Crippen molar-refractivity contribution in [3.8, 4) is 0 Å². The van der Waals surface area contributed by atoms with Crippen molar-refractivity contribution in [1.29, 1.82) is 0 Å². The van der Waals surface area contributed by atoms with Crippen LogP contribution in [0.4, 0.5) is 0 Å². The lowest BCUT2D eigenvalue weighted by molar-refractivity contribution is -0.125. The molecule has 2 fully saturated rings. The molecule has 1 amide bonds. The molecule has 0 bridgehead atoms. The zero-order valence-electron chi connectivity index (χ0n) is 15.1. The maximum atomic E-state index is 12.7. The van der Waals surface area contributed by atoms with Crippen LogP contribution >= 0.6 is 0 Å². The molecule has 4 rings (SSSR count). The molecule has 1 N–H and O–H groups in total. The molecule has 0 aliphatic heterocycles. The van der Waals surface area contributed by atoms with Crippen LogP contribution in [0.3, 0.4) is 0 Å². The van der Waals surface area contributed by atoms with Crippen molar-refractivity contribution in [3.63, 3.8) is 0 Å². The van der Waals surface area contributed by atoms with Gasteiger partial charge in [0.1, 0.15) is 6.54 Å². The number of nitrogens with one attached hydrogen (secondary N) is 1. The molecule has 0 saturated heterocycles. The van der Waals surface area contributed by atoms with Crippen molar-refractivity contribution in [1.82, 2.24) is 15.1 Å². The summed E-state index contributed by atoms with van der Waals surface area (Å²) in [6.45, 7) is 4.28. The highest BCUT2D eigenvalue weighted by atomic mass is 16.2. The van der Waals surface area contributed by atoms with Gasteiger partial charge in [0.05, 0.1) is 5.69 Å². The number of nitrogens with zero attached hydrogens (tertiary/aromatic N) is 2. The third-order valence-electron chi connectivity index (χ3n) is 6.09. The van der Waals surface area contributed by atoms with Crippen molar-refractivity contribution in [2.45, 2.75) is 58.0 Å². The molecule has 132 valence electrons. The average molecular weight is 337 g/mol. The number of aryl methyl sites for hydroxylation is 2. The van der Waals surface area contributed by atoms with Gasteiger partial charge in [0, 0.05) is 17.7 Å². The fourth-order valence-corrected chi connectivity index (χ4v) is 5.00. The smallest absolute Gasteiger partial charge is 0.241 e. The summed E-state index contributed by atoms with van der Waals surface area (Å²) in [5.74, 6) is 1.93. The fraction of sp³-hybridized carbons (Fsp3) is 0.524. The van der Waals surface area contributed by atoms with Gasteiger partial charge in [-0.1, -0.05) is 43.2 Å². The van der Waals surface area contributed by atoms with Gasteiger partial charge in [-0.25, -0.2) is 0 Å². The fourth-order valence-electron chi connectivity index (χ4n) is 5.00. The van der Waals surface area contributed by atoms with Crippen LogP contribution < -0.4 is 5.32 Å². The minimum absolute atomic E-state index is 0.0844. The van der Waals surface area contributed by atoms with E-state index in [0.717, 1.165) is 17.3 Å². The standard InChI is InChI=1S/C21H27N3O/c1-14-12-15(2)24(23-14)13-19(25)22-21-18-11-7-6-10-17(18)20(21)16-8-4-3-5-9-16/h3-5,8-9,12,17-18,20-21H,6-7,10-11,13H2,1-2H3,(H,22,25)/t17-,18+,20-,21-/m0/s1. The van der Waals surface area contributed by atoms with Crippen molar-refractivity contribution < 1.29 is 4.79 Å². The van der Waals surface area contributed by atoms with E-state index in [0.29, 0.717) is 18.4 Å². The Morgan fingerprint density at radius 2 is 1.88 bits per heavy atom. The van der Waals surface area contributed by atoms with Crippen LogP contribution in [0.1, 0.15) is 48.6 Å². The first-order chi connectivity index (χ1) is 12.1. The molecule has 0 radical (unpaired) electrons. The molecular weight excluding hydrogens is 310 g/mol. The van der Waals surface area contributed by atoms with Gasteiger partial charge in [-0.05, 0) is 50.2 Å². The topological polar surface area (TPSA) is 46.9 Å². The molecule has 2 aliphatic carbocycles. The number of amides is 1. The SMILES string of the molecule is Cc1cc(C)n(CC(=O)N[C@H]2[C@@H]3CCCC[C@@H]3[C@@H]2c2ccccc2)n1. The van der Waals surface area contributed by atoms with Gasteiger partial charge in [-0.3, -0.25) is 9.48 Å². The molecule has 4 heteroatoms. The van der Waals surface area contributed by atoms with Gasteiger partial charge in [0.2, 0.25) is 5.91 Å². The van der Waals surface area contributed by atoms with Crippen molar-refractivity contribution in [2.75, 3.05) is 0 Å². The van der Waals surface area contributed by atoms with E-state index in [9.17, 15) is 4.79 Å². The Kier molecular flexibility index (Phi) is 4.36. The normalized spacial score (nSPS) is 28.1. The van der Waals surface area contributed by atoms with Crippen LogP contribution in [-0.2, 0) is 11.3 Å². The lowest BCUT2D eigenvalue weighted by Crippen LogP contribution is -2.59. The van der Waals surface area contributed by atoms with E-state index in [1.54, 1.807) is 4.68 Å². The zero-order chi connectivity index (χ0) is 17.4. The number of hydrogen-bond acceptors (Lipinski definition) is 2. The van der Waals surface area contributed by atoms with Gasteiger partial charge in [-0.15, -0.1) is 0 Å². The van der Waals surface area contributed by atoms with E-state index in [4.69, 9.17) is 0 Å². The molecule has 25 heavy (non-hydrogen) atoms. The highest BCUT2D eigenvalue weighted by molar-refractivity contribution is 5.76. The molecule has 1 heterocycles. The minimum Gasteiger partial charge on any atom is -0.351 e. The summed E-state index contributed by atoms with van der Waals surface area (Å²) in [5.41, 5.74) is 3.38.